The van der Waals surface area contributed by atoms with Gasteiger partial charge in [-0.25, -0.2) is 11.6 Å². The first-order valence-corrected chi connectivity index (χ1v) is 6.57. The molecule has 96 valence electrons. The molecule has 0 aromatic heterocycles. The van der Waals surface area contributed by atoms with Gasteiger partial charge in [0, 0.05) is 11.7 Å². The minimum Gasteiger partial charge on any atom is -0.381 e. The molecule has 1 nitrogen and oxygen atoms in total. The van der Waals surface area contributed by atoms with Gasteiger partial charge in [0.15, 0.2) is 0 Å². The number of rotatable bonds is 3. The molecule has 1 atom stereocenters. The van der Waals surface area contributed by atoms with Crippen molar-refractivity contribution in [2.75, 3.05) is 5.32 Å². The monoisotopic (exact) mass is 247 g/mol. The molecule has 1 aromatic carbocycles. The topological polar surface area (TPSA) is 12.0 Å². The van der Waals surface area contributed by atoms with E-state index >= 15 is 0 Å². The quantitative estimate of drug-likeness (QED) is 0.631. The Balaban J connectivity index is 0.00000180. The Labute approximate surface area is 129 Å². The van der Waals surface area contributed by atoms with Crippen molar-refractivity contribution in [2.45, 2.75) is 40.2 Å². The maximum Gasteiger partial charge on any atom is 1.00 e. The minimum absolute atomic E-state index is 0. The van der Waals surface area contributed by atoms with E-state index in [1.807, 2.05) is 0 Å². The van der Waals surface area contributed by atoms with E-state index in [0.717, 1.165) is 6.42 Å². The van der Waals surface area contributed by atoms with E-state index in [9.17, 15) is 0 Å². The molecule has 0 saturated heterocycles. The van der Waals surface area contributed by atoms with Crippen LogP contribution in [0.25, 0.3) is 0 Å². The average molecular weight is 247 g/mol. The summed E-state index contributed by atoms with van der Waals surface area (Å²) in [6.07, 6.45) is 8.74. The van der Waals surface area contributed by atoms with Gasteiger partial charge in [0.1, 0.15) is 0 Å². The maximum absolute atomic E-state index is 3.64. The molecule has 1 aromatic rings. The summed E-state index contributed by atoms with van der Waals surface area (Å²) in [7, 11) is 0. The first-order valence-electron chi connectivity index (χ1n) is 6.57. The molecular weight excluding hydrogens is 225 g/mol. The fraction of sp³-hybridized carbons (Fsp3) is 0.412. The van der Waals surface area contributed by atoms with Gasteiger partial charge in [-0.3, -0.25) is 6.08 Å². The summed E-state index contributed by atoms with van der Waals surface area (Å²) < 4.78 is 0. The van der Waals surface area contributed by atoms with Gasteiger partial charge < -0.3 is 5.32 Å². The molecular formula is C17H22LiN. The number of hydrogen-bond donors (Lipinski definition) is 1. The second-order valence-electron chi connectivity index (χ2n) is 6.05. The van der Waals surface area contributed by atoms with Crippen molar-refractivity contribution in [1.82, 2.24) is 0 Å². The standard InChI is InChI=1S/C17H22N.Li/c1-13-9-11-15(12-10-13)18-16(17(2,3)4)14-7-5-6-8-14;/h5,7,9-12,16,18H,6H2,1-4H3;/q-1;+1. The van der Waals surface area contributed by atoms with Crippen LogP contribution < -0.4 is 24.2 Å². The van der Waals surface area contributed by atoms with E-state index in [-0.39, 0.29) is 24.3 Å². The first-order chi connectivity index (χ1) is 8.47. The Hall–Kier alpha value is -0.903. The molecule has 19 heavy (non-hydrogen) atoms. The molecule has 0 heterocycles. The normalized spacial score (nSPS) is 15.7. The number of hydrogen-bond acceptors (Lipinski definition) is 1. The van der Waals surface area contributed by atoms with E-state index in [4.69, 9.17) is 0 Å². The second-order valence-corrected chi connectivity index (χ2v) is 6.05. The number of anilines is 1. The first kappa shape index (κ1) is 16.2. The third-order valence-electron chi connectivity index (χ3n) is 3.26. The number of benzene rings is 1. The van der Waals surface area contributed by atoms with Crippen LogP contribution in [0.15, 0.2) is 42.0 Å². The van der Waals surface area contributed by atoms with Crippen LogP contribution in [0.4, 0.5) is 5.69 Å². The summed E-state index contributed by atoms with van der Waals surface area (Å²) >= 11 is 0. The molecule has 1 aliphatic carbocycles. The van der Waals surface area contributed by atoms with Crippen molar-refractivity contribution in [1.29, 1.82) is 0 Å². The largest absolute Gasteiger partial charge is 1.00 e. The van der Waals surface area contributed by atoms with Crippen molar-refractivity contribution >= 4 is 5.69 Å². The Kier molecular flexibility index (Phi) is 5.53. The third kappa shape index (κ3) is 4.30. The Morgan fingerprint density at radius 3 is 2.26 bits per heavy atom. The van der Waals surface area contributed by atoms with Crippen LogP contribution in [0.5, 0.6) is 0 Å². The number of aryl methyl sites for hydroxylation is 1. The molecule has 0 bridgehead atoms. The van der Waals surface area contributed by atoms with Crippen LogP contribution in [0.1, 0.15) is 32.8 Å². The van der Waals surface area contributed by atoms with Crippen LogP contribution in [-0.2, 0) is 0 Å². The Bertz CT molecular complexity index is 463. The van der Waals surface area contributed by atoms with E-state index in [1.54, 1.807) is 0 Å². The van der Waals surface area contributed by atoms with E-state index in [2.05, 4.69) is 75.5 Å². The molecule has 1 N–H and O–H groups in total. The summed E-state index contributed by atoms with van der Waals surface area (Å²) in [5.74, 6) is 0. The molecule has 1 aliphatic rings. The van der Waals surface area contributed by atoms with E-state index in [1.165, 1.54) is 16.8 Å². The summed E-state index contributed by atoms with van der Waals surface area (Å²) in [5.41, 5.74) is 3.92. The van der Waals surface area contributed by atoms with Crippen molar-refractivity contribution < 1.29 is 18.9 Å². The average Bonchev–Trinajstić information content (AvgIpc) is 2.80. The molecule has 0 radical (unpaired) electrons. The van der Waals surface area contributed by atoms with Gasteiger partial charge in [0.2, 0.25) is 0 Å². The van der Waals surface area contributed by atoms with Gasteiger partial charge in [0.05, 0.1) is 0 Å². The summed E-state index contributed by atoms with van der Waals surface area (Å²) in [5, 5.41) is 3.64. The predicted octanol–water partition coefficient (Wildman–Crippen LogP) is 1.52. The third-order valence-corrected chi connectivity index (χ3v) is 3.26. The second kappa shape index (κ2) is 6.50. The van der Waals surface area contributed by atoms with Gasteiger partial charge in [0.25, 0.3) is 0 Å². The molecule has 0 saturated carbocycles. The van der Waals surface area contributed by atoms with Crippen LogP contribution >= 0.6 is 0 Å². The Morgan fingerprint density at radius 1 is 1.16 bits per heavy atom. The zero-order chi connectivity index (χ0) is 13.2. The van der Waals surface area contributed by atoms with E-state index in [0.29, 0.717) is 6.04 Å². The van der Waals surface area contributed by atoms with Gasteiger partial charge in [-0.1, -0.05) is 38.5 Å². The molecule has 1 unspecified atom stereocenters. The van der Waals surface area contributed by atoms with Crippen molar-refractivity contribution in [3.63, 3.8) is 0 Å². The van der Waals surface area contributed by atoms with Gasteiger partial charge in [-0.15, -0.1) is 6.42 Å². The molecule has 0 fully saturated rings. The fourth-order valence-electron chi connectivity index (χ4n) is 2.20. The Morgan fingerprint density at radius 2 is 1.79 bits per heavy atom. The molecule has 2 heteroatoms. The molecule has 0 spiro atoms. The van der Waals surface area contributed by atoms with Crippen LogP contribution in [0.3, 0.4) is 0 Å². The molecule has 2 rings (SSSR count). The van der Waals surface area contributed by atoms with Crippen molar-refractivity contribution in [3.8, 4) is 0 Å². The van der Waals surface area contributed by atoms with Crippen LogP contribution in [0.2, 0.25) is 0 Å². The molecule has 0 amide bonds. The molecule has 0 aliphatic heterocycles. The SMILES string of the molecule is Cc1ccc(NC(C2=[C-]CC=C2)C(C)(C)C)cc1.[Li+]. The van der Waals surface area contributed by atoms with Crippen LogP contribution in [-0.4, -0.2) is 6.04 Å². The predicted molar refractivity (Wildman–Crippen MR) is 78.6 cm³/mol. The zero-order valence-corrected chi connectivity index (χ0v) is 12.7. The van der Waals surface area contributed by atoms with E-state index < -0.39 is 0 Å². The summed E-state index contributed by atoms with van der Waals surface area (Å²) in [4.78, 5) is 0. The summed E-state index contributed by atoms with van der Waals surface area (Å²) in [6, 6.07) is 8.88. The number of allylic oxidation sites excluding steroid dienone is 2. The van der Waals surface area contributed by atoms with Crippen molar-refractivity contribution in [3.05, 3.63) is 53.6 Å². The van der Waals surface area contributed by atoms with Gasteiger partial charge in [-0.05, 0) is 24.5 Å². The van der Waals surface area contributed by atoms with Crippen LogP contribution in [0, 0.1) is 18.4 Å². The maximum atomic E-state index is 3.64. The van der Waals surface area contributed by atoms with Gasteiger partial charge >= 0.3 is 18.9 Å². The zero-order valence-electron chi connectivity index (χ0n) is 12.7. The fourth-order valence-corrected chi connectivity index (χ4v) is 2.20. The van der Waals surface area contributed by atoms with Crippen molar-refractivity contribution in [2.24, 2.45) is 5.41 Å². The number of nitrogens with one attached hydrogen (secondary N) is 1. The smallest absolute Gasteiger partial charge is 0.381 e. The van der Waals surface area contributed by atoms with Gasteiger partial charge in [-0.2, -0.15) is 6.08 Å². The minimum atomic E-state index is 0. The summed E-state index contributed by atoms with van der Waals surface area (Å²) in [6.45, 7) is 8.90.